The van der Waals surface area contributed by atoms with Crippen LogP contribution in [0.3, 0.4) is 0 Å². The van der Waals surface area contributed by atoms with Crippen LogP contribution in [-0.2, 0) is 10.3 Å². The molecule has 1 aromatic carbocycles. The number of benzene rings is 1. The Morgan fingerprint density at radius 1 is 1.33 bits per heavy atom. The smallest absolute Gasteiger partial charge is 0.221 e. The molecule has 0 saturated heterocycles. The predicted molar refractivity (Wildman–Crippen MR) is 92.5 cm³/mol. The van der Waals surface area contributed by atoms with Gasteiger partial charge in [-0.3, -0.25) is 4.79 Å². The molecular weight excluding hydrogens is 302 g/mol. The molecular formula is C18H25N5O. The number of para-hydroxylation sites is 1. The Hall–Kier alpha value is -2.21. The fourth-order valence-corrected chi connectivity index (χ4v) is 3.28. The Labute approximate surface area is 142 Å². The van der Waals surface area contributed by atoms with Crippen molar-refractivity contribution in [1.29, 1.82) is 0 Å². The average Bonchev–Trinajstić information content (AvgIpc) is 3.18. The molecule has 1 aliphatic rings. The maximum atomic E-state index is 12.4. The van der Waals surface area contributed by atoms with Crippen LogP contribution in [-0.4, -0.2) is 26.9 Å². The SMILES string of the molecule is CC(C)(NC(=O)C[C@@H]1CCC[C@H]1N)c1cn(-c2ccccc2)nn1. The van der Waals surface area contributed by atoms with Gasteiger partial charge in [-0.05, 0) is 44.7 Å². The molecule has 1 fully saturated rings. The van der Waals surface area contributed by atoms with Gasteiger partial charge < -0.3 is 11.1 Å². The van der Waals surface area contributed by atoms with E-state index in [-0.39, 0.29) is 11.9 Å². The average molecular weight is 327 g/mol. The fraction of sp³-hybridized carbons (Fsp3) is 0.500. The van der Waals surface area contributed by atoms with E-state index in [1.807, 2.05) is 50.4 Å². The molecule has 3 N–H and O–H groups in total. The Balaban J connectivity index is 1.67. The van der Waals surface area contributed by atoms with Crippen LogP contribution in [0.25, 0.3) is 5.69 Å². The van der Waals surface area contributed by atoms with E-state index in [0.29, 0.717) is 12.3 Å². The molecule has 6 nitrogen and oxygen atoms in total. The molecule has 0 unspecified atom stereocenters. The molecule has 3 rings (SSSR count). The molecule has 1 aliphatic carbocycles. The highest BCUT2D eigenvalue weighted by Crippen LogP contribution is 2.27. The molecule has 1 heterocycles. The number of carbonyl (C=O) groups excluding carboxylic acids is 1. The first-order valence-corrected chi connectivity index (χ1v) is 8.50. The van der Waals surface area contributed by atoms with Crippen molar-refractivity contribution in [3.05, 3.63) is 42.2 Å². The maximum Gasteiger partial charge on any atom is 0.221 e. The summed E-state index contributed by atoms with van der Waals surface area (Å²) in [7, 11) is 0. The van der Waals surface area contributed by atoms with E-state index in [1.54, 1.807) is 4.68 Å². The third-order valence-electron chi connectivity index (χ3n) is 4.77. The summed E-state index contributed by atoms with van der Waals surface area (Å²) in [6, 6.07) is 9.94. The highest BCUT2D eigenvalue weighted by Gasteiger charge is 2.30. The topological polar surface area (TPSA) is 85.8 Å². The summed E-state index contributed by atoms with van der Waals surface area (Å²) in [4.78, 5) is 12.4. The number of hydrogen-bond acceptors (Lipinski definition) is 4. The van der Waals surface area contributed by atoms with Crippen molar-refractivity contribution in [3.8, 4) is 5.69 Å². The molecule has 2 aromatic rings. The number of hydrogen-bond donors (Lipinski definition) is 2. The number of aromatic nitrogens is 3. The number of nitrogens with zero attached hydrogens (tertiary/aromatic N) is 3. The number of nitrogens with two attached hydrogens (primary N) is 1. The van der Waals surface area contributed by atoms with Crippen molar-refractivity contribution in [2.24, 2.45) is 11.7 Å². The summed E-state index contributed by atoms with van der Waals surface area (Å²) in [5.41, 5.74) is 7.16. The van der Waals surface area contributed by atoms with Gasteiger partial charge >= 0.3 is 0 Å². The van der Waals surface area contributed by atoms with Crippen molar-refractivity contribution < 1.29 is 4.79 Å². The molecule has 1 saturated carbocycles. The molecule has 24 heavy (non-hydrogen) atoms. The van der Waals surface area contributed by atoms with Gasteiger partial charge in [0.25, 0.3) is 0 Å². The van der Waals surface area contributed by atoms with Gasteiger partial charge in [-0.25, -0.2) is 4.68 Å². The first-order chi connectivity index (χ1) is 11.5. The third-order valence-corrected chi connectivity index (χ3v) is 4.77. The first kappa shape index (κ1) is 16.6. The lowest BCUT2D eigenvalue weighted by molar-refractivity contribution is -0.123. The summed E-state index contributed by atoms with van der Waals surface area (Å²) >= 11 is 0. The van der Waals surface area contributed by atoms with Gasteiger partial charge in [-0.1, -0.05) is 29.8 Å². The highest BCUT2D eigenvalue weighted by atomic mass is 16.1. The Morgan fingerprint density at radius 3 is 2.75 bits per heavy atom. The van der Waals surface area contributed by atoms with Crippen LogP contribution in [0.4, 0.5) is 0 Å². The van der Waals surface area contributed by atoms with Gasteiger partial charge in [-0.2, -0.15) is 0 Å². The van der Waals surface area contributed by atoms with Crippen LogP contribution in [0.2, 0.25) is 0 Å². The van der Waals surface area contributed by atoms with Gasteiger partial charge in [0.05, 0.1) is 17.4 Å². The zero-order valence-electron chi connectivity index (χ0n) is 14.3. The maximum absolute atomic E-state index is 12.4. The van der Waals surface area contributed by atoms with Crippen LogP contribution >= 0.6 is 0 Å². The van der Waals surface area contributed by atoms with Crippen molar-refractivity contribution in [3.63, 3.8) is 0 Å². The summed E-state index contributed by atoms with van der Waals surface area (Å²) in [6.45, 7) is 3.89. The van der Waals surface area contributed by atoms with E-state index in [1.165, 1.54) is 0 Å². The second-order valence-electron chi connectivity index (χ2n) is 7.12. The second-order valence-corrected chi connectivity index (χ2v) is 7.12. The third kappa shape index (κ3) is 3.64. The number of rotatable bonds is 5. The summed E-state index contributed by atoms with van der Waals surface area (Å²) in [6.07, 6.45) is 5.52. The van der Waals surface area contributed by atoms with Crippen LogP contribution in [0, 0.1) is 5.92 Å². The minimum absolute atomic E-state index is 0.0246. The standard InChI is InChI=1S/C18H25N5O/c1-18(2,20-17(24)11-13-7-6-10-15(13)19)16-12-23(22-21-16)14-8-4-3-5-9-14/h3-5,8-9,12-13,15H,6-7,10-11,19H2,1-2H3,(H,20,24)/t13-,15+/m0/s1. The zero-order chi connectivity index (χ0) is 17.2. The van der Waals surface area contributed by atoms with Crippen molar-refractivity contribution in [2.45, 2.75) is 51.1 Å². The molecule has 0 spiro atoms. The van der Waals surface area contributed by atoms with Gasteiger partial charge in [0.15, 0.2) is 0 Å². The lowest BCUT2D eigenvalue weighted by Gasteiger charge is -2.25. The minimum Gasteiger partial charge on any atom is -0.345 e. The van der Waals surface area contributed by atoms with Crippen molar-refractivity contribution >= 4 is 5.91 Å². The van der Waals surface area contributed by atoms with Gasteiger partial charge in [0.1, 0.15) is 5.69 Å². The molecule has 128 valence electrons. The number of amides is 1. The zero-order valence-corrected chi connectivity index (χ0v) is 14.3. The van der Waals surface area contributed by atoms with E-state index >= 15 is 0 Å². The summed E-state index contributed by atoms with van der Waals surface area (Å²) in [5, 5.41) is 11.5. The Morgan fingerprint density at radius 2 is 2.08 bits per heavy atom. The van der Waals surface area contributed by atoms with E-state index in [9.17, 15) is 4.79 Å². The van der Waals surface area contributed by atoms with Gasteiger partial charge in [-0.15, -0.1) is 5.10 Å². The first-order valence-electron chi connectivity index (χ1n) is 8.50. The van der Waals surface area contributed by atoms with Crippen LogP contribution in [0.1, 0.15) is 45.2 Å². The van der Waals surface area contributed by atoms with Gasteiger partial charge in [0, 0.05) is 12.5 Å². The molecule has 6 heteroatoms. The number of carbonyl (C=O) groups is 1. The summed E-state index contributed by atoms with van der Waals surface area (Å²) in [5.74, 6) is 0.317. The highest BCUT2D eigenvalue weighted by molar-refractivity contribution is 5.77. The Bertz CT molecular complexity index is 694. The fourth-order valence-electron chi connectivity index (χ4n) is 3.28. The molecule has 0 aliphatic heterocycles. The van der Waals surface area contributed by atoms with E-state index < -0.39 is 5.54 Å². The van der Waals surface area contributed by atoms with Crippen molar-refractivity contribution in [1.82, 2.24) is 20.3 Å². The lowest BCUT2D eigenvalue weighted by Crippen LogP contribution is -2.43. The second kappa shape index (κ2) is 6.73. The number of nitrogens with one attached hydrogen (secondary N) is 1. The van der Waals surface area contributed by atoms with Crippen LogP contribution in [0.5, 0.6) is 0 Å². The summed E-state index contributed by atoms with van der Waals surface area (Å²) < 4.78 is 1.72. The molecule has 2 atom stereocenters. The van der Waals surface area contributed by atoms with Crippen LogP contribution in [0.15, 0.2) is 36.5 Å². The Kier molecular flexibility index (Phi) is 4.66. The van der Waals surface area contributed by atoms with E-state index in [4.69, 9.17) is 5.73 Å². The molecule has 0 radical (unpaired) electrons. The van der Waals surface area contributed by atoms with E-state index in [2.05, 4.69) is 15.6 Å². The molecule has 1 aromatic heterocycles. The van der Waals surface area contributed by atoms with E-state index in [0.717, 1.165) is 30.6 Å². The molecule has 0 bridgehead atoms. The lowest BCUT2D eigenvalue weighted by atomic mass is 9.97. The molecule has 1 amide bonds. The van der Waals surface area contributed by atoms with Gasteiger partial charge in [0.2, 0.25) is 5.91 Å². The minimum atomic E-state index is -0.577. The van der Waals surface area contributed by atoms with Crippen molar-refractivity contribution in [2.75, 3.05) is 0 Å². The van der Waals surface area contributed by atoms with Crippen LogP contribution < -0.4 is 11.1 Å². The normalized spacial score (nSPS) is 21.0. The largest absolute Gasteiger partial charge is 0.345 e. The quantitative estimate of drug-likeness (QED) is 0.881. The monoisotopic (exact) mass is 327 g/mol. The predicted octanol–water partition coefficient (Wildman–Crippen LogP) is 2.14.